The molecule has 0 fully saturated rings. The van der Waals surface area contributed by atoms with Crippen molar-refractivity contribution in [2.24, 2.45) is 5.92 Å². The first-order valence-corrected chi connectivity index (χ1v) is 7.91. The second-order valence-electron chi connectivity index (χ2n) is 3.83. The highest BCUT2D eigenvalue weighted by Gasteiger charge is 2.30. The van der Waals surface area contributed by atoms with E-state index in [4.69, 9.17) is 10.2 Å². The maximum absolute atomic E-state index is 12.0. The van der Waals surface area contributed by atoms with Gasteiger partial charge in [-0.05, 0) is 17.9 Å². The molecule has 6 nitrogen and oxygen atoms in total. The Morgan fingerprint density at radius 2 is 2.06 bits per heavy atom. The summed E-state index contributed by atoms with van der Waals surface area (Å²) in [5.41, 5.74) is 0. The molecular formula is C10H13O6PS. The molecule has 0 radical (unpaired) electrons. The summed E-state index contributed by atoms with van der Waals surface area (Å²) >= 11 is 1.25. The second kappa shape index (κ2) is 6.13. The van der Waals surface area contributed by atoms with Crippen molar-refractivity contribution >= 4 is 35.9 Å². The second-order valence-corrected chi connectivity index (χ2v) is 6.90. The lowest BCUT2D eigenvalue weighted by Gasteiger charge is -2.15. The highest BCUT2D eigenvalue weighted by Crippen LogP contribution is 2.42. The quantitative estimate of drug-likeness (QED) is 0.651. The zero-order valence-electron chi connectivity index (χ0n) is 9.35. The van der Waals surface area contributed by atoms with E-state index >= 15 is 0 Å². The molecule has 0 aliphatic carbocycles. The Balaban J connectivity index is 2.74. The fourth-order valence-corrected chi connectivity index (χ4v) is 4.37. The first-order chi connectivity index (χ1) is 8.33. The molecule has 0 aliphatic rings. The number of carboxylic acid groups (broad SMARTS) is 2. The van der Waals surface area contributed by atoms with Crippen LogP contribution in [0.4, 0.5) is 0 Å². The summed E-state index contributed by atoms with van der Waals surface area (Å²) in [4.78, 5) is 31.1. The van der Waals surface area contributed by atoms with Crippen LogP contribution < -0.4 is 5.30 Å². The maximum atomic E-state index is 12.0. The molecule has 1 rings (SSSR count). The Kier molecular flexibility index (Phi) is 5.07. The van der Waals surface area contributed by atoms with Crippen LogP contribution in [-0.4, -0.2) is 33.2 Å². The molecule has 0 spiro atoms. The van der Waals surface area contributed by atoms with E-state index in [1.54, 1.807) is 5.38 Å². The van der Waals surface area contributed by atoms with Crippen LogP contribution in [0, 0.1) is 5.92 Å². The monoisotopic (exact) mass is 292 g/mol. The van der Waals surface area contributed by atoms with E-state index in [1.165, 1.54) is 22.8 Å². The Bertz CT molecular complexity index is 469. The lowest BCUT2D eigenvalue weighted by atomic mass is 10.1. The zero-order chi connectivity index (χ0) is 13.8. The fourth-order valence-electron chi connectivity index (χ4n) is 1.45. The predicted octanol–water partition coefficient (Wildman–Crippen LogP) is 1.21. The van der Waals surface area contributed by atoms with Gasteiger partial charge >= 0.3 is 11.9 Å². The van der Waals surface area contributed by atoms with Gasteiger partial charge in [0.25, 0.3) is 0 Å². The van der Waals surface area contributed by atoms with E-state index in [9.17, 15) is 19.0 Å². The molecule has 2 atom stereocenters. The number of hydrogen-bond donors (Lipinski definition) is 3. The van der Waals surface area contributed by atoms with Crippen LogP contribution in [0.5, 0.6) is 0 Å². The summed E-state index contributed by atoms with van der Waals surface area (Å²) in [5, 5.41) is 20.8. The molecule has 1 aromatic rings. The normalized spacial score (nSPS) is 15.8. The highest BCUT2D eigenvalue weighted by molar-refractivity contribution is 7.66. The number of hydrogen-bond acceptors (Lipinski definition) is 4. The Hall–Kier alpha value is -1.17. The molecule has 0 amide bonds. The molecular weight excluding hydrogens is 279 g/mol. The van der Waals surface area contributed by atoms with E-state index in [-0.39, 0.29) is 18.1 Å². The van der Waals surface area contributed by atoms with Gasteiger partial charge in [0.15, 0.2) is 0 Å². The van der Waals surface area contributed by atoms with Crippen LogP contribution in [0.3, 0.4) is 0 Å². The number of aliphatic carboxylic acids is 2. The minimum atomic E-state index is -3.73. The molecule has 0 saturated carbocycles. The first-order valence-electron chi connectivity index (χ1n) is 5.12. The van der Waals surface area contributed by atoms with Crippen molar-refractivity contribution in [3.8, 4) is 0 Å². The summed E-state index contributed by atoms with van der Waals surface area (Å²) in [6.45, 7) is 0. The van der Waals surface area contributed by atoms with Crippen molar-refractivity contribution in [1.29, 1.82) is 0 Å². The average molecular weight is 292 g/mol. The fraction of sp³-hybridized carbons (Fsp3) is 0.400. The molecule has 0 bridgehead atoms. The predicted molar refractivity (Wildman–Crippen MR) is 66.6 cm³/mol. The van der Waals surface area contributed by atoms with Crippen molar-refractivity contribution in [1.82, 2.24) is 0 Å². The zero-order valence-corrected chi connectivity index (χ0v) is 11.1. The number of carboxylic acids is 2. The SMILES string of the molecule is O=C(O)CCC(CP(=O)(O)c1ccsc1)C(=O)O. The van der Waals surface area contributed by atoms with Crippen LogP contribution in [0.2, 0.25) is 0 Å². The van der Waals surface area contributed by atoms with Gasteiger partial charge in [0.2, 0.25) is 7.37 Å². The minimum absolute atomic E-state index is 0.153. The van der Waals surface area contributed by atoms with E-state index < -0.39 is 31.4 Å². The number of carbonyl (C=O) groups is 2. The molecule has 1 heterocycles. The summed E-state index contributed by atoms with van der Waals surface area (Å²) in [6.07, 6.45) is -0.924. The molecule has 0 aliphatic heterocycles. The first kappa shape index (κ1) is 14.9. The van der Waals surface area contributed by atoms with Gasteiger partial charge in [-0.1, -0.05) is 0 Å². The third-order valence-electron chi connectivity index (χ3n) is 2.43. The van der Waals surface area contributed by atoms with Crippen LogP contribution in [-0.2, 0) is 14.2 Å². The lowest BCUT2D eigenvalue weighted by molar-refractivity contribution is -0.142. The lowest BCUT2D eigenvalue weighted by Crippen LogP contribution is -2.21. The van der Waals surface area contributed by atoms with Gasteiger partial charge in [0, 0.05) is 23.3 Å². The van der Waals surface area contributed by atoms with Gasteiger partial charge in [-0.3, -0.25) is 14.2 Å². The summed E-state index contributed by atoms with van der Waals surface area (Å²) in [5.74, 6) is -3.50. The van der Waals surface area contributed by atoms with Crippen molar-refractivity contribution in [3.05, 3.63) is 16.8 Å². The third kappa shape index (κ3) is 4.25. The van der Waals surface area contributed by atoms with E-state index in [2.05, 4.69) is 0 Å². The minimum Gasteiger partial charge on any atom is -0.481 e. The molecule has 2 unspecified atom stereocenters. The van der Waals surface area contributed by atoms with Crippen LogP contribution >= 0.6 is 18.7 Å². The van der Waals surface area contributed by atoms with Crippen molar-refractivity contribution in [2.75, 3.05) is 6.16 Å². The summed E-state index contributed by atoms with van der Waals surface area (Å²) in [7, 11) is -3.73. The van der Waals surface area contributed by atoms with Gasteiger partial charge in [-0.2, -0.15) is 11.3 Å². The smallest absolute Gasteiger partial charge is 0.307 e. The van der Waals surface area contributed by atoms with Gasteiger partial charge in [0.05, 0.1) is 5.92 Å². The highest BCUT2D eigenvalue weighted by atomic mass is 32.1. The van der Waals surface area contributed by atoms with Crippen molar-refractivity contribution in [3.63, 3.8) is 0 Å². The van der Waals surface area contributed by atoms with Gasteiger partial charge in [-0.25, -0.2) is 0 Å². The molecule has 18 heavy (non-hydrogen) atoms. The summed E-state index contributed by atoms with van der Waals surface area (Å²) < 4.78 is 12.0. The largest absolute Gasteiger partial charge is 0.481 e. The molecule has 100 valence electrons. The topological polar surface area (TPSA) is 112 Å². The molecule has 0 saturated heterocycles. The van der Waals surface area contributed by atoms with Crippen LogP contribution in [0.1, 0.15) is 12.8 Å². The Morgan fingerprint density at radius 3 is 2.50 bits per heavy atom. The van der Waals surface area contributed by atoms with Crippen molar-refractivity contribution < 1.29 is 29.3 Å². The molecule has 3 N–H and O–H groups in total. The van der Waals surface area contributed by atoms with Crippen LogP contribution in [0.25, 0.3) is 0 Å². The van der Waals surface area contributed by atoms with Gasteiger partial charge in [-0.15, -0.1) is 0 Å². The Labute approximate surface area is 107 Å². The van der Waals surface area contributed by atoms with Gasteiger partial charge in [0.1, 0.15) is 0 Å². The van der Waals surface area contributed by atoms with Crippen molar-refractivity contribution in [2.45, 2.75) is 12.8 Å². The molecule has 0 aromatic carbocycles. The Morgan fingerprint density at radius 1 is 1.39 bits per heavy atom. The van der Waals surface area contributed by atoms with E-state index in [0.717, 1.165) is 0 Å². The third-order valence-corrected chi connectivity index (χ3v) is 5.31. The number of thiophene rings is 1. The standard InChI is InChI=1S/C10H13O6PS/c11-9(12)2-1-7(10(13)14)5-17(15,16)8-3-4-18-6-8/h3-4,6-7H,1-2,5H2,(H,11,12)(H,13,14)(H,15,16). The summed E-state index contributed by atoms with van der Waals surface area (Å²) in [6, 6.07) is 1.47. The maximum Gasteiger partial charge on any atom is 0.307 e. The van der Waals surface area contributed by atoms with E-state index in [0.29, 0.717) is 0 Å². The van der Waals surface area contributed by atoms with E-state index in [1.807, 2.05) is 0 Å². The molecule has 8 heteroatoms. The molecule has 1 aromatic heterocycles. The van der Waals surface area contributed by atoms with Gasteiger partial charge < -0.3 is 15.1 Å². The van der Waals surface area contributed by atoms with Crippen LogP contribution in [0.15, 0.2) is 16.8 Å². The average Bonchev–Trinajstić information content (AvgIpc) is 2.77. The number of rotatable bonds is 7.